The summed E-state index contributed by atoms with van der Waals surface area (Å²) in [6.07, 6.45) is 2.58. The van der Waals surface area contributed by atoms with Gasteiger partial charge in [-0.05, 0) is 55.8 Å². The van der Waals surface area contributed by atoms with E-state index in [1.54, 1.807) is 0 Å². The number of carbonyl (C=O) groups is 1. The van der Waals surface area contributed by atoms with Crippen molar-refractivity contribution in [1.82, 2.24) is 10.2 Å². The standard InChI is InChI=1S/C18H22N2O/c1-14-4-5-16-13-17(7-6-15(16)12-14)18(21)19-8-11-20-9-2-3-10-20/h4-7,12-13H,2-3,8-11H2,1H3,(H,19,21). The maximum atomic E-state index is 12.2. The van der Waals surface area contributed by atoms with E-state index in [1.807, 2.05) is 18.2 Å². The van der Waals surface area contributed by atoms with Crippen LogP contribution >= 0.6 is 0 Å². The van der Waals surface area contributed by atoms with Crippen LogP contribution in [-0.4, -0.2) is 37.0 Å². The minimum atomic E-state index is 0.0247. The van der Waals surface area contributed by atoms with Crippen molar-refractivity contribution in [2.75, 3.05) is 26.2 Å². The molecular weight excluding hydrogens is 260 g/mol. The van der Waals surface area contributed by atoms with Gasteiger partial charge in [0.15, 0.2) is 0 Å². The Morgan fingerprint density at radius 1 is 1.10 bits per heavy atom. The first-order valence-corrected chi connectivity index (χ1v) is 7.73. The second kappa shape index (κ2) is 6.27. The van der Waals surface area contributed by atoms with Crippen LogP contribution in [-0.2, 0) is 0 Å². The number of aryl methyl sites for hydroxylation is 1. The molecule has 0 atom stereocenters. The Balaban J connectivity index is 1.62. The number of rotatable bonds is 4. The molecule has 0 radical (unpaired) electrons. The summed E-state index contributed by atoms with van der Waals surface area (Å²) in [7, 11) is 0. The number of carbonyl (C=O) groups excluding carboxylic acids is 1. The first-order valence-electron chi connectivity index (χ1n) is 7.73. The summed E-state index contributed by atoms with van der Waals surface area (Å²) in [6, 6.07) is 12.2. The molecule has 2 aromatic carbocycles. The molecule has 0 spiro atoms. The van der Waals surface area contributed by atoms with Gasteiger partial charge in [0.2, 0.25) is 0 Å². The lowest BCUT2D eigenvalue weighted by Gasteiger charge is -2.14. The van der Waals surface area contributed by atoms with Crippen LogP contribution in [0, 0.1) is 6.92 Å². The highest BCUT2D eigenvalue weighted by molar-refractivity contribution is 5.98. The average Bonchev–Trinajstić information content (AvgIpc) is 3.00. The fourth-order valence-corrected chi connectivity index (χ4v) is 2.94. The van der Waals surface area contributed by atoms with Crippen molar-refractivity contribution in [3.05, 3.63) is 47.5 Å². The number of nitrogens with zero attached hydrogens (tertiary/aromatic N) is 1. The molecule has 0 unspecified atom stereocenters. The topological polar surface area (TPSA) is 32.3 Å². The van der Waals surface area contributed by atoms with Crippen molar-refractivity contribution in [3.63, 3.8) is 0 Å². The molecule has 110 valence electrons. The van der Waals surface area contributed by atoms with E-state index < -0.39 is 0 Å². The van der Waals surface area contributed by atoms with Crippen LogP contribution in [0.5, 0.6) is 0 Å². The van der Waals surface area contributed by atoms with Gasteiger partial charge in [-0.1, -0.05) is 29.8 Å². The maximum Gasteiger partial charge on any atom is 0.251 e. The largest absolute Gasteiger partial charge is 0.351 e. The van der Waals surface area contributed by atoms with E-state index in [-0.39, 0.29) is 5.91 Å². The zero-order valence-corrected chi connectivity index (χ0v) is 12.6. The summed E-state index contributed by atoms with van der Waals surface area (Å²) in [6.45, 7) is 6.11. The van der Waals surface area contributed by atoms with Crippen molar-refractivity contribution >= 4 is 16.7 Å². The van der Waals surface area contributed by atoms with Gasteiger partial charge in [-0.25, -0.2) is 0 Å². The van der Waals surface area contributed by atoms with E-state index in [4.69, 9.17) is 0 Å². The molecule has 2 aromatic rings. The molecule has 1 aliphatic rings. The Kier molecular flexibility index (Phi) is 4.20. The first kappa shape index (κ1) is 14.1. The molecular formula is C18H22N2O. The molecule has 0 aliphatic carbocycles. The SMILES string of the molecule is Cc1ccc2cc(C(=O)NCCN3CCCC3)ccc2c1. The Morgan fingerprint density at radius 3 is 2.62 bits per heavy atom. The van der Waals surface area contributed by atoms with Crippen LogP contribution in [0.25, 0.3) is 10.8 Å². The van der Waals surface area contributed by atoms with E-state index >= 15 is 0 Å². The second-order valence-electron chi connectivity index (χ2n) is 5.87. The Morgan fingerprint density at radius 2 is 1.81 bits per heavy atom. The number of benzene rings is 2. The molecule has 0 bridgehead atoms. The molecule has 21 heavy (non-hydrogen) atoms. The quantitative estimate of drug-likeness (QED) is 0.935. The third-order valence-electron chi connectivity index (χ3n) is 4.17. The van der Waals surface area contributed by atoms with Crippen LogP contribution in [0.2, 0.25) is 0 Å². The highest BCUT2D eigenvalue weighted by Gasteiger charge is 2.11. The van der Waals surface area contributed by atoms with Gasteiger partial charge in [-0.3, -0.25) is 4.79 Å². The van der Waals surface area contributed by atoms with E-state index in [2.05, 4.69) is 35.3 Å². The Bertz CT molecular complexity index is 645. The number of hydrogen-bond donors (Lipinski definition) is 1. The van der Waals surface area contributed by atoms with E-state index in [1.165, 1.54) is 36.9 Å². The van der Waals surface area contributed by atoms with E-state index in [0.29, 0.717) is 0 Å². The van der Waals surface area contributed by atoms with Gasteiger partial charge in [-0.15, -0.1) is 0 Å². The summed E-state index contributed by atoms with van der Waals surface area (Å²) < 4.78 is 0. The summed E-state index contributed by atoms with van der Waals surface area (Å²) in [5.41, 5.74) is 1.98. The second-order valence-corrected chi connectivity index (χ2v) is 5.87. The lowest BCUT2D eigenvalue weighted by molar-refractivity contribution is 0.0950. The number of amides is 1. The summed E-state index contributed by atoms with van der Waals surface area (Å²) >= 11 is 0. The highest BCUT2D eigenvalue weighted by atomic mass is 16.1. The third-order valence-corrected chi connectivity index (χ3v) is 4.17. The summed E-state index contributed by atoms with van der Waals surface area (Å²) in [5, 5.41) is 5.32. The smallest absolute Gasteiger partial charge is 0.251 e. The van der Waals surface area contributed by atoms with Gasteiger partial charge >= 0.3 is 0 Å². The normalized spacial score (nSPS) is 15.5. The van der Waals surface area contributed by atoms with Crippen molar-refractivity contribution in [2.45, 2.75) is 19.8 Å². The summed E-state index contributed by atoms with van der Waals surface area (Å²) in [5.74, 6) is 0.0247. The molecule has 3 rings (SSSR count). The highest BCUT2D eigenvalue weighted by Crippen LogP contribution is 2.17. The van der Waals surface area contributed by atoms with Crippen LogP contribution in [0.4, 0.5) is 0 Å². The van der Waals surface area contributed by atoms with Crippen molar-refractivity contribution in [3.8, 4) is 0 Å². The minimum absolute atomic E-state index is 0.0247. The van der Waals surface area contributed by atoms with E-state index in [0.717, 1.165) is 24.0 Å². The minimum Gasteiger partial charge on any atom is -0.351 e. The molecule has 1 saturated heterocycles. The van der Waals surface area contributed by atoms with Crippen molar-refractivity contribution < 1.29 is 4.79 Å². The molecule has 1 aliphatic heterocycles. The van der Waals surface area contributed by atoms with Gasteiger partial charge < -0.3 is 10.2 Å². The molecule has 1 heterocycles. The number of likely N-dealkylation sites (tertiary alicyclic amines) is 1. The number of fused-ring (bicyclic) bond motifs is 1. The fourth-order valence-electron chi connectivity index (χ4n) is 2.94. The molecule has 1 fully saturated rings. The van der Waals surface area contributed by atoms with Crippen LogP contribution in [0.1, 0.15) is 28.8 Å². The predicted molar refractivity (Wildman–Crippen MR) is 86.7 cm³/mol. The van der Waals surface area contributed by atoms with Crippen molar-refractivity contribution in [2.24, 2.45) is 0 Å². The van der Waals surface area contributed by atoms with Crippen molar-refractivity contribution in [1.29, 1.82) is 0 Å². The predicted octanol–water partition coefficient (Wildman–Crippen LogP) is 2.97. The molecule has 0 aromatic heterocycles. The van der Waals surface area contributed by atoms with Crippen LogP contribution in [0.3, 0.4) is 0 Å². The molecule has 0 saturated carbocycles. The molecule has 1 N–H and O–H groups in total. The molecule has 1 amide bonds. The van der Waals surface area contributed by atoms with Crippen LogP contribution in [0.15, 0.2) is 36.4 Å². The molecule has 3 heteroatoms. The van der Waals surface area contributed by atoms with Gasteiger partial charge in [0.25, 0.3) is 5.91 Å². The third kappa shape index (κ3) is 3.42. The fraction of sp³-hybridized carbons (Fsp3) is 0.389. The molecule has 3 nitrogen and oxygen atoms in total. The number of nitrogens with one attached hydrogen (secondary N) is 1. The van der Waals surface area contributed by atoms with Crippen LogP contribution < -0.4 is 5.32 Å². The maximum absolute atomic E-state index is 12.2. The average molecular weight is 282 g/mol. The Hall–Kier alpha value is -1.87. The number of hydrogen-bond acceptors (Lipinski definition) is 2. The van der Waals surface area contributed by atoms with Gasteiger partial charge in [0.1, 0.15) is 0 Å². The first-order chi connectivity index (χ1) is 10.2. The lowest BCUT2D eigenvalue weighted by atomic mass is 10.0. The monoisotopic (exact) mass is 282 g/mol. The van der Waals surface area contributed by atoms with E-state index in [9.17, 15) is 4.79 Å². The Labute approximate surface area is 125 Å². The zero-order chi connectivity index (χ0) is 14.7. The van der Waals surface area contributed by atoms with Gasteiger partial charge in [0, 0.05) is 18.7 Å². The van der Waals surface area contributed by atoms with Gasteiger partial charge in [0.05, 0.1) is 0 Å². The summed E-state index contributed by atoms with van der Waals surface area (Å²) in [4.78, 5) is 14.6. The van der Waals surface area contributed by atoms with Gasteiger partial charge in [-0.2, -0.15) is 0 Å². The lowest BCUT2D eigenvalue weighted by Crippen LogP contribution is -2.33. The zero-order valence-electron chi connectivity index (χ0n) is 12.6.